The number of nitro benzene ring substituents is 2. The van der Waals surface area contributed by atoms with E-state index in [0.717, 1.165) is 217 Å². The van der Waals surface area contributed by atoms with Gasteiger partial charge in [0.15, 0.2) is 0 Å². The lowest BCUT2D eigenvalue weighted by Crippen LogP contribution is -2.47. The van der Waals surface area contributed by atoms with Gasteiger partial charge in [-0.15, -0.1) is 18.8 Å². The SMILES string of the molecule is C=S1(=NC2CC2)CCN(C[C@H](C)Cc2ccc(S(=O)(=O)NC(=O)c3ccc(N4CCN(CC5=C(c6ccc(Cl)cc6)CC(C)(C)CC5)CC4)cc3Oc3cnc4[nH]ccc4c3)cc2[N+](=O)[O-])CC1.C=S1(=NCC)CCN(C[C@H](C)Cc2ccc(S(=O)(=O)NC(=O)c3ccc(N4CCN(CC5=C(c6ccc(Cl)cc6)CC(C)(C)CC5)CC4)cc3Oc3cnc4[nH]ccc4c3)cc2[N+](=O)[O-])CC1. The van der Waals surface area contributed by atoms with Crippen molar-refractivity contribution in [3.63, 3.8) is 0 Å². The van der Waals surface area contributed by atoms with Gasteiger partial charge >= 0.3 is 0 Å². The Kier molecular flexibility index (Phi) is 29.9. The Labute approximate surface area is 802 Å². The molecule has 4 N–H and O–H groups in total. The van der Waals surface area contributed by atoms with Crippen LogP contribution in [0.5, 0.6) is 23.0 Å². The number of halogens is 2. The number of nitrogens with one attached hydrogen (secondary N) is 4. The summed E-state index contributed by atoms with van der Waals surface area (Å²) in [4.78, 5) is 80.2. The van der Waals surface area contributed by atoms with E-state index in [4.69, 9.17) is 41.4 Å². The standard InChI is InChI=1S/C51H61ClN8O6S2.C50H61ClN8O6S2/c1-35(33-58-23-25-67(4,26-24-58)55-41-10-11-41)27-37-7-13-44(30-47(37)60(62)63)68(64,65)56-50(61)45-14-12-42(29-48(45)66-43-28-38-16-18-53-49(38)54-32-43)59-21-19-57(20-22-59)34-39-15-17-51(2,3)31-46(39)36-5-8-40(52)9-6-36;1-6-54-66(5)25-23-57(24-26-66)33-35(2)27-37-9-13-43(30-46(37)59(61)62)67(63,64)55-49(60)44-14-12-41(29-47(44)65-42-28-38-16-18-52-48(38)53-32-42)58-21-19-56(20-22-58)34-39-15-17-50(3,4)31-45(39)36-7-10-40(51)11-8-36/h5-9,12-14,16,18,28-30,32,35,41H,4,10-11,15,17,19-27,31,33-34H2,1-3H3,(H,53,54)(H,56,61);7-14,16,18,28-30,32,35H,5-6,15,17,19-27,31,33-34H2,1-4H3,(H,52,53)(H,55,60)/t2*35-/m11/s1. The number of hydrogen-bond donors (Lipinski definition) is 4. The maximum absolute atomic E-state index is 14.1. The monoisotopic (exact) mass is 1950 g/mol. The van der Waals surface area contributed by atoms with Gasteiger partial charge in [0.2, 0.25) is 0 Å². The number of rotatable bonds is 30. The number of amides is 2. The molecule has 2 atom stereocenters. The van der Waals surface area contributed by atoms with E-state index in [1.54, 1.807) is 60.9 Å². The van der Waals surface area contributed by atoms with Crippen molar-refractivity contribution in [2.24, 2.45) is 31.4 Å². The van der Waals surface area contributed by atoms with Crippen LogP contribution in [-0.4, -0.2) is 230 Å². The summed E-state index contributed by atoms with van der Waals surface area (Å²) in [7, 11) is -11.5. The summed E-state index contributed by atoms with van der Waals surface area (Å²) in [6.07, 6.45) is 16.1. The molecule has 10 aromatic rings. The lowest BCUT2D eigenvalue weighted by molar-refractivity contribution is -0.386. The number of ether oxygens (including phenoxy) is 2. The van der Waals surface area contributed by atoms with Crippen LogP contribution in [0.4, 0.5) is 22.7 Å². The zero-order valence-corrected chi connectivity index (χ0v) is 82.7. The van der Waals surface area contributed by atoms with Crippen LogP contribution in [0, 0.1) is 42.9 Å². The van der Waals surface area contributed by atoms with Gasteiger partial charge in [0.1, 0.15) is 34.3 Å². The second-order valence-electron chi connectivity index (χ2n) is 38.9. The first-order valence-electron chi connectivity index (χ1n) is 46.6. The number of piperazine rings is 2. The Morgan fingerprint density at radius 2 is 0.941 bits per heavy atom. The van der Waals surface area contributed by atoms with Crippen molar-refractivity contribution in [1.29, 1.82) is 0 Å². The first-order chi connectivity index (χ1) is 64.4. The van der Waals surface area contributed by atoms with Gasteiger partial charge in [0.05, 0.1) is 49.2 Å². The number of hydrogen-bond acceptors (Lipinski definition) is 22. The van der Waals surface area contributed by atoms with Crippen molar-refractivity contribution in [2.45, 2.75) is 129 Å². The van der Waals surface area contributed by atoms with Crippen LogP contribution in [0.3, 0.4) is 0 Å². The summed E-state index contributed by atoms with van der Waals surface area (Å²) < 4.78 is 82.3. The topological polar surface area (TPSA) is 333 Å². The van der Waals surface area contributed by atoms with E-state index >= 15 is 0 Å². The molecule has 4 aromatic heterocycles. The number of carbonyl (C=O) groups is 2. The van der Waals surface area contributed by atoms with Crippen molar-refractivity contribution >= 4 is 142 Å². The van der Waals surface area contributed by atoms with Gasteiger partial charge in [-0.3, -0.25) is 48.3 Å². The molecule has 4 aliphatic heterocycles. The zero-order valence-electron chi connectivity index (χ0n) is 77.9. The van der Waals surface area contributed by atoms with Gasteiger partial charge in [-0.05, 0) is 201 Å². The molecule has 34 heteroatoms. The molecule has 2 amide bonds. The molecule has 716 valence electrons. The Morgan fingerprint density at radius 3 is 1.33 bits per heavy atom. The van der Waals surface area contributed by atoms with Gasteiger partial charge in [-0.1, -0.05) is 124 Å². The van der Waals surface area contributed by atoms with E-state index in [9.17, 15) is 46.7 Å². The van der Waals surface area contributed by atoms with Gasteiger partial charge in [-0.2, -0.15) is 0 Å². The number of nitrogens with zero attached hydrogens (tertiary/aromatic N) is 12. The van der Waals surface area contributed by atoms with E-state index in [2.05, 4.69) is 129 Å². The van der Waals surface area contributed by atoms with Crippen LogP contribution in [0.25, 0.3) is 33.2 Å². The highest BCUT2D eigenvalue weighted by molar-refractivity contribution is 8.02. The van der Waals surface area contributed by atoms with E-state index in [1.165, 1.54) is 82.9 Å². The van der Waals surface area contributed by atoms with Crippen LogP contribution in [-0.2, 0) is 51.7 Å². The molecule has 1 saturated carbocycles. The van der Waals surface area contributed by atoms with Crippen LogP contribution < -0.4 is 28.7 Å². The van der Waals surface area contributed by atoms with Crippen LogP contribution >= 0.6 is 23.2 Å². The maximum atomic E-state index is 14.1. The summed E-state index contributed by atoms with van der Waals surface area (Å²) in [5, 5.41) is 27.8. The second kappa shape index (κ2) is 41.4. The Balaban J connectivity index is 0.000000196. The van der Waals surface area contributed by atoms with E-state index in [0.29, 0.717) is 52.8 Å². The summed E-state index contributed by atoms with van der Waals surface area (Å²) in [5.41, 5.74) is 11.8. The summed E-state index contributed by atoms with van der Waals surface area (Å²) in [5.74, 6) is 11.9. The number of allylic oxidation sites excluding steroid dienone is 2. The molecule has 28 nitrogen and oxygen atoms in total. The number of benzene rings is 6. The zero-order chi connectivity index (χ0) is 95.3. The van der Waals surface area contributed by atoms with Crippen molar-refractivity contribution in [2.75, 3.05) is 144 Å². The minimum absolute atomic E-state index is 0.0245. The summed E-state index contributed by atoms with van der Waals surface area (Å²) in [6.45, 7) is 29.3. The highest BCUT2D eigenvalue weighted by Gasteiger charge is 2.36. The van der Waals surface area contributed by atoms with Crippen molar-refractivity contribution in [3.05, 3.63) is 245 Å². The molecular formula is C101H122Cl2N16O12S4. The van der Waals surface area contributed by atoms with Crippen LogP contribution in [0.1, 0.15) is 143 Å². The normalized spacial score (nSPS) is 18.9. The molecule has 0 bridgehead atoms. The Bertz CT molecular complexity index is 6680. The first kappa shape index (κ1) is 97.6. The van der Waals surface area contributed by atoms with Crippen LogP contribution in [0.15, 0.2) is 200 Å². The quantitative estimate of drug-likeness (QED) is 0.0185. The molecule has 0 unspecified atom stereocenters. The molecule has 6 aromatic carbocycles. The Morgan fingerprint density at radius 1 is 0.541 bits per heavy atom. The predicted octanol–water partition coefficient (Wildman–Crippen LogP) is 18.4. The molecule has 0 radical (unpaired) electrons. The van der Waals surface area contributed by atoms with Crippen molar-refractivity contribution in [1.82, 2.24) is 49.0 Å². The number of H-pyrrole nitrogens is 2. The van der Waals surface area contributed by atoms with E-state index in [1.807, 2.05) is 50.2 Å². The van der Waals surface area contributed by atoms with Crippen LogP contribution in [0.2, 0.25) is 10.0 Å². The molecule has 8 heterocycles. The van der Waals surface area contributed by atoms with Gasteiger partial charge in [0.25, 0.3) is 43.2 Å². The Hall–Kier alpha value is -10.5. The fraction of sp³-hybridized carbons (Fsp3) is 0.426. The van der Waals surface area contributed by atoms with E-state index < -0.39 is 60.5 Å². The fourth-order valence-corrected chi connectivity index (χ4v) is 26.2. The van der Waals surface area contributed by atoms with Crippen molar-refractivity contribution in [3.8, 4) is 23.0 Å². The largest absolute Gasteiger partial charge is 0.455 e. The molecular weight excluding hydrogens is 1830 g/mol. The lowest BCUT2D eigenvalue weighted by atomic mass is 9.72. The fourth-order valence-electron chi connectivity index (χ4n) is 19.3. The first-order valence-corrected chi connectivity index (χ1v) is 54.5. The highest BCUT2D eigenvalue weighted by Crippen LogP contribution is 2.47. The number of sulfonamides is 2. The maximum Gasteiger partial charge on any atom is 0.273 e. The third kappa shape index (κ3) is 24.7. The third-order valence-electron chi connectivity index (χ3n) is 27.0. The number of aromatic amines is 2. The molecule has 0 spiro atoms. The molecule has 3 aliphatic carbocycles. The lowest BCUT2D eigenvalue weighted by Gasteiger charge is -2.39. The third-order valence-corrected chi connectivity index (χ3v) is 35.5. The number of anilines is 2. The van der Waals surface area contributed by atoms with Crippen molar-refractivity contribution < 1.29 is 45.7 Å². The minimum Gasteiger partial charge on any atom is -0.455 e. The predicted molar refractivity (Wildman–Crippen MR) is 546 cm³/mol. The highest BCUT2D eigenvalue weighted by atomic mass is 35.5. The number of fused-ring (bicyclic) bond motifs is 2. The molecule has 4 saturated heterocycles. The molecule has 135 heavy (non-hydrogen) atoms. The molecule has 5 fully saturated rings. The number of aromatic nitrogens is 4. The smallest absolute Gasteiger partial charge is 0.273 e. The van der Waals surface area contributed by atoms with Gasteiger partial charge < -0.3 is 39.0 Å². The number of carbonyl (C=O) groups excluding carboxylic acids is 2. The molecule has 17 rings (SSSR count). The van der Waals surface area contributed by atoms with Gasteiger partial charge in [0, 0.05) is 214 Å². The average molecular weight is 1950 g/mol. The summed E-state index contributed by atoms with van der Waals surface area (Å²) in [6, 6.07) is 42.1. The van der Waals surface area contributed by atoms with Gasteiger partial charge in [-0.25, -0.2) is 36.2 Å². The number of nitro groups is 2. The van der Waals surface area contributed by atoms with E-state index in [-0.39, 0.29) is 66.5 Å². The minimum atomic E-state index is -4.56. The number of pyridine rings is 2. The average Bonchev–Trinajstić information content (AvgIpc) is 1.21. The summed E-state index contributed by atoms with van der Waals surface area (Å²) >= 11 is 12.5. The second-order valence-corrected chi connectivity index (χ2v) is 49.2. The molecule has 7 aliphatic rings.